The van der Waals surface area contributed by atoms with E-state index in [1.807, 2.05) is 67.6 Å². The summed E-state index contributed by atoms with van der Waals surface area (Å²) < 4.78 is 5.80. The normalized spacial score (nSPS) is 12.7. The van der Waals surface area contributed by atoms with Crippen molar-refractivity contribution in [2.24, 2.45) is 5.10 Å². The van der Waals surface area contributed by atoms with Crippen LogP contribution in [0.5, 0.6) is 5.75 Å². The van der Waals surface area contributed by atoms with Gasteiger partial charge in [0.15, 0.2) is 6.10 Å². The number of hydrogen-bond acceptors (Lipinski definition) is 3. The zero-order valence-corrected chi connectivity index (χ0v) is 16.4. The molecule has 0 radical (unpaired) electrons. The van der Waals surface area contributed by atoms with Crippen LogP contribution >= 0.6 is 0 Å². The van der Waals surface area contributed by atoms with Crippen LogP contribution in [0.15, 0.2) is 90.0 Å². The lowest BCUT2D eigenvalue weighted by Gasteiger charge is -2.14. The molecular weight excluding hydrogens is 360 g/mol. The first kappa shape index (κ1) is 18.7. The third kappa shape index (κ3) is 4.27. The van der Waals surface area contributed by atoms with Crippen molar-refractivity contribution >= 4 is 33.2 Å². The number of nitrogens with one attached hydrogen (secondary N) is 1. The fraction of sp³-hybridized carbons (Fsp3) is 0.120. The highest BCUT2D eigenvalue weighted by atomic mass is 16.5. The third-order valence-electron chi connectivity index (χ3n) is 4.90. The van der Waals surface area contributed by atoms with Gasteiger partial charge in [-0.2, -0.15) is 5.10 Å². The lowest BCUT2D eigenvalue weighted by Crippen LogP contribution is -2.33. The number of nitrogens with zero attached hydrogens (tertiary/aromatic N) is 1. The zero-order valence-electron chi connectivity index (χ0n) is 16.4. The number of benzene rings is 4. The summed E-state index contributed by atoms with van der Waals surface area (Å²) in [6.07, 6.45) is -0.663. The maximum absolute atomic E-state index is 12.4. The number of carbonyl (C=O) groups is 1. The molecule has 4 aromatic carbocycles. The van der Waals surface area contributed by atoms with Crippen molar-refractivity contribution in [2.75, 3.05) is 0 Å². The number of rotatable bonds is 5. The van der Waals surface area contributed by atoms with Crippen LogP contribution < -0.4 is 10.2 Å². The molecule has 1 atom stereocenters. The molecular formula is C25H22N2O2. The van der Waals surface area contributed by atoms with Gasteiger partial charge in [-0.15, -0.1) is 0 Å². The molecule has 4 aromatic rings. The Hall–Kier alpha value is -3.66. The molecule has 0 bridgehead atoms. The molecule has 0 unspecified atom stereocenters. The number of fused-ring (bicyclic) bond motifs is 2. The van der Waals surface area contributed by atoms with Crippen LogP contribution in [-0.4, -0.2) is 17.7 Å². The van der Waals surface area contributed by atoms with E-state index >= 15 is 0 Å². The summed E-state index contributed by atoms with van der Waals surface area (Å²) in [5.41, 5.74) is 4.31. The number of ether oxygens (including phenoxy) is 1. The van der Waals surface area contributed by atoms with Crippen molar-refractivity contribution in [3.8, 4) is 5.75 Å². The van der Waals surface area contributed by atoms with Gasteiger partial charge in [0.05, 0.1) is 5.71 Å². The van der Waals surface area contributed by atoms with E-state index in [4.69, 9.17) is 4.74 Å². The summed E-state index contributed by atoms with van der Waals surface area (Å²) in [5, 5.41) is 8.76. The summed E-state index contributed by atoms with van der Waals surface area (Å²) in [4.78, 5) is 12.4. The molecule has 1 amide bonds. The van der Waals surface area contributed by atoms with Crippen LogP contribution in [0.4, 0.5) is 0 Å². The predicted molar refractivity (Wildman–Crippen MR) is 118 cm³/mol. The van der Waals surface area contributed by atoms with Crippen LogP contribution in [0, 0.1) is 0 Å². The molecule has 0 aliphatic heterocycles. The minimum Gasteiger partial charge on any atom is -0.481 e. The van der Waals surface area contributed by atoms with E-state index in [-0.39, 0.29) is 5.91 Å². The Morgan fingerprint density at radius 3 is 2.10 bits per heavy atom. The SMILES string of the molecule is C/C(=N\NC(=O)[C@H](C)Oc1ccc2ccccc2c1)c1ccc2ccccc2c1. The van der Waals surface area contributed by atoms with Crippen molar-refractivity contribution in [1.29, 1.82) is 0 Å². The predicted octanol–water partition coefficient (Wildman–Crippen LogP) is 5.30. The number of hydrazone groups is 1. The first-order chi connectivity index (χ1) is 14.1. The first-order valence-corrected chi connectivity index (χ1v) is 9.59. The van der Waals surface area contributed by atoms with Crippen LogP contribution in [0.3, 0.4) is 0 Å². The highest BCUT2D eigenvalue weighted by Gasteiger charge is 2.14. The van der Waals surface area contributed by atoms with Crippen LogP contribution in [0.25, 0.3) is 21.5 Å². The number of carbonyl (C=O) groups excluding carboxylic acids is 1. The highest BCUT2D eigenvalue weighted by Crippen LogP contribution is 2.21. The Kier molecular flexibility index (Phi) is 5.25. The van der Waals surface area contributed by atoms with Crippen LogP contribution in [0.2, 0.25) is 0 Å². The second-order valence-corrected chi connectivity index (χ2v) is 7.00. The van der Waals surface area contributed by atoms with Gasteiger partial charge in [0.25, 0.3) is 5.91 Å². The molecule has 0 fully saturated rings. The van der Waals surface area contributed by atoms with Gasteiger partial charge in [-0.3, -0.25) is 4.79 Å². The van der Waals surface area contributed by atoms with Crippen LogP contribution in [0.1, 0.15) is 19.4 Å². The minimum atomic E-state index is -0.663. The van der Waals surface area contributed by atoms with Gasteiger partial charge < -0.3 is 4.74 Å². The summed E-state index contributed by atoms with van der Waals surface area (Å²) in [6, 6.07) is 28.1. The third-order valence-corrected chi connectivity index (χ3v) is 4.90. The van der Waals surface area contributed by atoms with Gasteiger partial charge in [-0.25, -0.2) is 5.43 Å². The average Bonchev–Trinajstić information content (AvgIpc) is 2.76. The largest absolute Gasteiger partial charge is 0.481 e. The van der Waals surface area contributed by atoms with Crippen molar-refractivity contribution in [2.45, 2.75) is 20.0 Å². The van der Waals surface area contributed by atoms with Gasteiger partial charge in [0.1, 0.15) is 5.75 Å². The molecule has 0 saturated heterocycles. The Bertz CT molecular complexity index is 1210. The molecule has 4 heteroatoms. The Morgan fingerprint density at radius 1 is 0.828 bits per heavy atom. The van der Waals surface area contributed by atoms with E-state index in [2.05, 4.69) is 34.8 Å². The van der Waals surface area contributed by atoms with E-state index in [0.29, 0.717) is 5.75 Å². The Balaban J connectivity index is 1.42. The first-order valence-electron chi connectivity index (χ1n) is 9.59. The Morgan fingerprint density at radius 2 is 1.41 bits per heavy atom. The second-order valence-electron chi connectivity index (χ2n) is 7.00. The minimum absolute atomic E-state index is 0.293. The van der Waals surface area contributed by atoms with Crippen LogP contribution in [-0.2, 0) is 4.79 Å². The molecule has 0 aromatic heterocycles. The zero-order chi connectivity index (χ0) is 20.2. The van der Waals surface area contributed by atoms with Crippen molar-refractivity contribution in [3.05, 3.63) is 90.5 Å². The molecule has 0 spiro atoms. The molecule has 29 heavy (non-hydrogen) atoms. The summed E-state index contributed by atoms with van der Waals surface area (Å²) in [5.74, 6) is 0.361. The van der Waals surface area contributed by atoms with Crippen molar-refractivity contribution < 1.29 is 9.53 Å². The van der Waals surface area contributed by atoms with Crippen molar-refractivity contribution in [3.63, 3.8) is 0 Å². The van der Waals surface area contributed by atoms with Gasteiger partial charge in [-0.05, 0) is 59.2 Å². The lowest BCUT2D eigenvalue weighted by molar-refractivity contribution is -0.127. The molecule has 0 saturated carbocycles. The maximum Gasteiger partial charge on any atom is 0.280 e. The molecule has 1 N–H and O–H groups in total. The molecule has 0 aliphatic carbocycles. The van der Waals surface area contributed by atoms with Gasteiger partial charge in [-0.1, -0.05) is 66.7 Å². The fourth-order valence-corrected chi connectivity index (χ4v) is 3.21. The summed E-state index contributed by atoms with van der Waals surface area (Å²) >= 11 is 0. The molecule has 0 aliphatic rings. The molecule has 0 heterocycles. The quantitative estimate of drug-likeness (QED) is 0.376. The number of amides is 1. The monoisotopic (exact) mass is 382 g/mol. The van der Waals surface area contributed by atoms with E-state index in [9.17, 15) is 4.79 Å². The second kappa shape index (κ2) is 8.15. The summed E-state index contributed by atoms with van der Waals surface area (Å²) in [7, 11) is 0. The maximum atomic E-state index is 12.4. The molecule has 4 nitrogen and oxygen atoms in total. The smallest absolute Gasteiger partial charge is 0.280 e. The topological polar surface area (TPSA) is 50.7 Å². The number of hydrogen-bond donors (Lipinski definition) is 1. The van der Waals surface area contributed by atoms with Crippen molar-refractivity contribution in [1.82, 2.24) is 5.43 Å². The molecule has 4 rings (SSSR count). The van der Waals surface area contributed by atoms with E-state index in [0.717, 1.165) is 27.4 Å². The highest BCUT2D eigenvalue weighted by molar-refractivity contribution is 6.02. The van der Waals surface area contributed by atoms with E-state index in [1.54, 1.807) is 6.92 Å². The standard InChI is InChI=1S/C25H22N2O2/c1-17(21-12-11-19-7-3-5-9-22(19)15-21)26-27-25(28)18(2)29-24-14-13-20-8-4-6-10-23(20)16-24/h3-16,18H,1-2H3,(H,27,28)/b26-17+/t18-/m0/s1. The average molecular weight is 382 g/mol. The van der Waals surface area contributed by atoms with Gasteiger partial charge in [0.2, 0.25) is 0 Å². The summed E-state index contributed by atoms with van der Waals surface area (Å²) in [6.45, 7) is 3.59. The van der Waals surface area contributed by atoms with E-state index < -0.39 is 6.10 Å². The van der Waals surface area contributed by atoms with E-state index in [1.165, 1.54) is 5.39 Å². The Labute approximate surface area is 169 Å². The van der Waals surface area contributed by atoms with Gasteiger partial charge in [0, 0.05) is 0 Å². The molecule has 144 valence electrons. The fourth-order valence-electron chi connectivity index (χ4n) is 3.21. The lowest BCUT2D eigenvalue weighted by atomic mass is 10.0. The van der Waals surface area contributed by atoms with Gasteiger partial charge >= 0.3 is 0 Å².